The Morgan fingerprint density at radius 3 is 2.62 bits per heavy atom. The van der Waals surface area contributed by atoms with E-state index in [1.807, 2.05) is 13.0 Å². The number of nitrogens with zero attached hydrogens (tertiary/aromatic N) is 3. The Morgan fingerprint density at radius 2 is 1.94 bits per heavy atom. The van der Waals surface area contributed by atoms with Crippen LogP contribution in [0.4, 0.5) is 10.1 Å². The highest BCUT2D eigenvalue weighted by Gasteiger charge is 2.17. The highest BCUT2D eigenvalue weighted by molar-refractivity contribution is 5.96. The van der Waals surface area contributed by atoms with Crippen molar-refractivity contribution in [3.63, 3.8) is 0 Å². The summed E-state index contributed by atoms with van der Waals surface area (Å²) in [5.74, 6) is -1.54. The summed E-state index contributed by atoms with van der Waals surface area (Å²) in [5.41, 5.74) is 3.70. The van der Waals surface area contributed by atoms with Crippen molar-refractivity contribution in [3.8, 4) is 11.8 Å². The quantitative estimate of drug-likeness (QED) is 0.468. The largest absolute Gasteiger partial charge is 0.449 e. The number of esters is 1. The van der Waals surface area contributed by atoms with Crippen LogP contribution in [0.2, 0.25) is 0 Å². The van der Waals surface area contributed by atoms with Gasteiger partial charge in [-0.15, -0.1) is 0 Å². The summed E-state index contributed by atoms with van der Waals surface area (Å²) in [6, 6.07) is 14.3. The molecule has 0 spiro atoms. The molecular weight excluding hydrogens is 411 g/mol. The molecule has 0 aliphatic rings. The number of amides is 1. The molecule has 1 atom stereocenters. The van der Waals surface area contributed by atoms with E-state index in [-0.39, 0.29) is 5.82 Å². The highest BCUT2D eigenvalue weighted by atomic mass is 19.1. The second-order valence-electron chi connectivity index (χ2n) is 7.07. The molecule has 3 rings (SSSR count). The van der Waals surface area contributed by atoms with Crippen molar-refractivity contribution in [1.29, 1.82) is 5.26 Å². The molecular formula is C24H21FN4O3. The van der Waals surface area contributed by atoms with Crippen molar-refractivity contribution < 1.29 is 18.7 Å². The van der Waals surface area contributed by atoms with Crippen LogP contribution < -0.4 is 5.32 Å². The summed E-state index contributed by atoms with van der Waals surface area (Å²) in [6.45, 7) is 5.08. The fourth-order valence-corrected chi connectivity index (χ4v) is 3.06. The normalized spacial score (nSPS) is 11.7. The lowest BCUT2D eigenvalue weighted by Gasteiger charge is -2.12. The van der Waals surface area contributed by atoms with Crippen molar-refractivity contribution in [2.45, 2.75) is 26.9 Å². The zero-order valence-electron chi connectivity index (χ0n) is 17.8. The molecule has 162 valence electrons. The number of nitriles is 1. The molecule has 0 fully saturated rings. The van der Waals surface area contributed by atoms with Gasteiger partial charge in [-0.25, -0.2) is 13.9 Å². The van der Waals surface area contributed by atoms with E-state index in [9.17, 15) is 14.0 Å². The van der Waals surface area contributed by atoms with Crippen LogP contribution in [0.1, 0.15) is 29.4 Å². The van der Waals surface area contributed by atoms with Crippen LogP contribution in [-0.4, -0.2) is 27.8 Å². The second kappa shape index (κ2) is 9.71. The third-order valence-corrected chi connectivity index (χ3v) is 4.73. The minimum Gasteiger partial charge on any atom is -0.449 e. The van der Waals surface area contributed by atoms with Crippen LogP contribution in [-0.2, 0) is 14.3 Å². The Bertz CT molecular complexity index is 1220. The predicted octanol–water partition coefficient (Wildman–Crippen LogP) is 4.08. The maximum Gasteiger partial charge on any atom is 0.331 e. The predicted molar refractivity (Wildman–Crippen MR) is 117 cm³/mol. The van der Waals surface area contributed by atoms with Crippen LogP contribution in [0.3, 0.4) is 0 Å². The number of anilines is 1. The third kappa shape index (κ3) is 5.26. The molecule has 1 aromatic heterocycles. The second-order valence-corrected chi connectivity index (χ2v) is 7.07. The molecule has 32 heavy (non-hydrogen) atoms. The molecule has 0 radical (unpaired) electrons. The summed E-state index contributed by atoms with van der Waals surface area (Å²) in [5, 5.41) is 16.0. The summed E-state index contributed by atoms with van der Waals surface area (Å²) in [7, 11) is 0. The number of hydrogen-bond donors (Lipinski definition) is 1. The van der Waals surface area contributed by atoms with Crippen molar-refractivity contribution in [1.82, 2.24) is 9.78 Å². The summed E-state index contributed by atoms with van der Waals surface area (Å²) in [6.07, 6.45) is 1.76. The molecule has 0 saturated heterocycles. The molecule has 2 aromatic carbocycles. The molecule has 0 aliphatic heterocycles. The number of hydrogen-bond acceptors (Lipinski definition) is 5. The topological polar surface area (TPSA) is 97.0 Å². The van der Waals surface area contributed by atoms with Crippen molar-refractivity contribution in [2.75, 3.05) is 5.32 Å². The molecule has 0 aliphatic carbocycles. The number of carbonyl (C=O) groups is 2. The Kier molecular flexibility index (Phi) is 6.80. The van der Waals surface area contributed by atoms with Gasteiger partial charge in [0.25, 0.3) is 5.91 Å². The first-order valence-corrected chi connectivity index (χ1v) is 9.80. The van der Waals surface area contributed by atoms with Gasteiger partial charge in [0, 0.05) is 23.0 Å². The van der Waals surface area contributed by atoms with Gasteiger partial charge >= 0.3 is 5.97 Å². The lowest BCUT2D eigenvalue weighted by Crippen LogP contribution is -2.29. The van der Waals surface area contributed by atoms with Crippen molar-refractivity contribution in [3.05, 3.63) is 82.9 Å². The molecule has 1 N–H and O–H groups in total. The van der Waals surface area contributed by atoms with Gasteiger partial charge in [0.15, 0.2) is 6.10 Å². The standard InChI is InChI=1S/C24H21FN4O3/c1-15-22(16(2)29(28-15)21-9-7-19(25)8-10-21)11-12-23(30)32-17(3)24(31)27-20-6-4-5-18(13-20)14-26/h4-13,17H,1-3H3,(H,27,31). The molecule has 0 saturated carbocycles. The van der Waals surface area contributed by atoms with E-state index >= 15 is 0 Å². The lowest BCUT2D eigenvalue weighted by atomic mass is 10.2. The number of ether oxygens (including phenoxy) is 1. The van der Waals surface area contributed by atoms with E-state index in [0.717, 1.165) is 11.3 Å². The molecule has 1 heterocycles. The minimum atomic E-state index is -1.04. The van der Waals surface area contributed by atoms with E-state index in [0.29, 0.717) is 22.6 Å². The zero-order valence-corrected chi connectivity index (χ0v) is 17.8. The van der Waals surface area contributed by atoms with Gasteiger partial charge in [0.2, 0.25) is 0 Å². The van der Waals surface area contributed by atoms with Gasteiger partial charge in [-0.3, -0.25) is 4.79 Å². The maximum absolute atomic E-state index is 13.2. The van der Waals surface area contributed by atoms with E-state index in [1.54, 1.807) is 48.0 Å². The number of carbonyl (C=O) groups excluding carboxylic acids is 2. The summed E-state index contributed by atoms with van der Waals surface area (Å²) in [4.78, 5) is 24.5. The molecule has 3 aromatic rings. The van der Waals surface area contributed by atoms with Gasteiger partial charge in [0.1, 0.15) is 5.82 Å². The number of nitrogens with one attached hydrogen (secondary N) is 1. The fourth-order valence-electron chi connectivity index (χ4n) is 3.06. The Morgan fingerprint density at radius 1 is 1.22 bits per heavy atom. The average Bonchev–Trinajstić information content (AvgIpc) is 3.06. The van der Waals surface area contributed by atoms with Gasteiger partial charge in [-0.2, -0.15) is 10.4 Å². The smallest absolute Gasteiger partial charge is 0.331 e. The Hall–Kier alpha value is -4.25. The van der Waals surface area contributed by atoms with Gasteiger partial charge in [0.05, 0.1) is 23.0 Å². The summed E-state index contributed by atoms with van der Waals surface area (Å²) >= 11 is 0. The molecule has 7 nitrogen and oxygen atoms in total. The van der Waals surface area contributed by atoms with Gasteiger partial charge in [-0.1, -0.05) is 6.07 Å². The number of rotatable bonds is 6. The van der Waals surface area contributed by atoms with Gasteiger partial charge < -0.3 is 10.1 Å². The summed E-state index contributed by atoms with van der Waals surface area (Å²) < 4.78 is 20.0. The van der Waals surface area contributed by atoms with Crippen LogP contribution in [0, 0.1) is 31.0 Å². The lowest BCUT2D eigenvalue weighted by molar-refractivity contribution is -0.148. The maximum atomic E-state index is 13.2. The van der Waals surface area contributed by atoms with Crippen molar-refractivity contribution >= 4 is 23.6 Å². The molecule has 8 heteroatoms. The van der Waals surface area contributed by atoms with Crippen LogP contribution >= 0.6 is 0 Å². The van der Waals surface area contributed by atoms with Gasteiger partial charge in [-0.05, 0) is 69.3 Å². The van der Waals surface area contributed by atoms with E-state index < -0.39 is 18.0 Å². The van der Waals surface area contributed by atoms with E-state index in [4.69, 9.17) is 10.00 Å². The van der Waals surface area contributed by atoms with E-state index in [1.165, 1.54) is 31.2 Å². The first-order chi connectivity index (χ1) is 15.3. The number of halogens is 1. The number of aromatic nitrogens is 2. The van der Waals surface area contributed by atoms with Crippen LogP contribution in [0.25, 0.3) is 11.8 Å². The molecule has 1 unspecified atom stereocenters. The van der Waals surface area contributed by atoms with Crippen LogP contribution in [0.15, 0.2) is 54.6 Å². The molecule has 1 amide bonds. The van der Waals surface area contributed by atoms with Crippen molar-refractivity contribution in [2.24, 2.45) is 0 Å². The number of benzene rings is 2. The average molecular weight is 432 g/mol. The monoisotopic (exact) mass is 432 g/mol. The number of aryl methyl sites for hydroxylation is 1. The third-order valence-electron chi connectivity index (χ3n) is 4.73. The Labute approximate surface area is 184 Å². The fraction of sp³-hybridized carbons (Fsp3) is 0.167. The SMILES string of the molecule is Cc1nn(-c2ccc(F)cc2)c(C)c1C=CC(=O)OC(C)C(=O)Nc1cccc(C#N)c1. The van der Waals surface area contributed by atoms with Crippen LogP contribution in [0.5, 0.6) is 0 Å². The minimum absolute atomic E-state index is 0.339. The Balaban J connectivity index is 1.65. The first kappa shape index (κ1) is 22.4. The van der Waals surface area contributed by atoms with E-state index in [2.05, 4.69) is 10.4 Å². The zero-order chi connectivity index (χ0) is 23.3. The molecule has 0 bridgehead atoms. The first-order valence-electron chi connectivity index (χ1n) is 9.80. The highest BCUT2D eigenvalue weighted by Crippen LogP contribution is 2.20.